The van der Waals surface area contributed by atoms with Gasteiger partial charge in [0.1, 0.15) is 5.01 Å². The zero-order chi connectivity index (χ0) is 14.4. The molecule has 0 aliphatic rings. The Morgan fingerprint density at radius 3 is 2.77 bits per heavy atom. The van der Waals surface area contributed by atoms with Gasteiger partial charge in [-0.3, -0.25) is 9.78 Å². The molecule has 0 saturated heterocycles. The van der Waals surface area contributed by atoms with Gasteiger partial charge in [0.25, 0.3) is 0 Å². The second-order valence-electron chi connectivity index (χ2n) is 4.45. The number of nitrogens with zero attached hydrogens (tertiary/aromatic N) is 3. The van der Waals surface area contributed by atoms with E-state index in [9.17, 15) is 4.79 Å². The zero-order valence-electron chi connectivity index (χ0n) is 12.5. The first kappa shape index (κ1) is 20.8. The highest BCUT2D eigenvalue weighted by atomic mass is 35.5. The summed E-state index contributed by atoms with van der Waals surface area (Å²) in [7, 11) is 3.68. The second-order valence-corrected chi connectivity index (χ2v) is 5.31. The summed E-state index contributed by atoms with van der Waals surface area (Å²) in [6, 6.07) is 5.72. The van der Waals surface area contributed by atoms with Crippen LogP contribution in [0.15, 0.2) is 29.8 Å². The molecule has 22 heavy (non-hydrogen) atoms. The highest BCUT2D eigenvalue weighted by molar-refractivity contribution is 7.13. The van der Waals surface area contributed by atoms with Crippen LogP contribution in [0.2, 0.25) is 0 Å². The molecule has 2 rings (SSSR count). The van der Waals surface area contributed by atoms with Gasteiger partial charge in [-0.1, -0.05) is 6.07 Å². The minimum absolute atomic E-state index is 0. The van der Waals surface area contributed by atoms with Crippen LogP contribution >= 0.6 is 36.2 Å². The number of amides is 1. The minimum atomic E-state index is 0. The Labute approximate surface area is 147 Å². The topological polar surface area (TPSA) is 58.1 Å². The Morgan fingerprint density at radius 2 is 2.14 bits per heavy atom. The minimum Gasteiger partial charge on any atom is -0.344 e. The summed E-state index contributed by atoms with van der Waals surface area (Å²) >= 11 is 1.52. The van der Waals surface area contributed by atoms with Crippen molar-refractivity contribution < 1.29 is 4.79 Å². The zero-order valence-corrected chi connectivity index (χ0v) is 14.9. The van der Waals surface area contributed by atoms with Crippen molar-refractivity contribution in [3.8, 4) is 10.7 Å². The van der Waals surface area contributed by atoms with Gasteiger partial charge >= 0.3 is 0 Å². The van der Waals surface area contributed by atoms with Crippen molar-refractivity contribution in [2.45, 2.75) is 6.42 Å². The number of hydrogen-bond donors (Lipinski definition) is 1. The molecule has 5 nitrogen and oxygen atoms in total. The van der Waals surface area contributed by atoms with E-state index in [2.05, 4.69) is 15.3 Å². The maximum atomic E-state index is 12.0. The van der Waals surface area contributed by atoms with Crippen molar-refractivity contribution in [1.29, 1.82) is 0 Å². The van der Waals surface area contributed by atoms with Gasteiger partial charge in [-0.15, -0.1) is 36.2 Å². The normalized spacial score (nSPS) is 9.55. The summed E-state index contributed by atoms with van der Waals surface area (Å²) in [5.74, 6) is 0.0816. The molecule has 0 fully saturated rings. The molecule has 2 aromatic heterocycles. The summed E-state index contributed by atoms with van der Waals surface area (Å²) in [5.41, 5.74) is 1.65. The number of carbonyl (C=O) groups excluding carboxylic acids is 1. The largest absolute Gasteiger partial charge is 0.344 e. The van der Waals surface area contributed by atoms with Gasteiger partial charge in [-0.05, 0) is 19.2 Å². The summed E-state index contributed by atoms with van der Waals surface area (Å²) < 4.78 is 0. The molecule has 0 aromatic carbocycles. The van der Waals surface area contributed by atoms with Gasteiger partial charge in [-0.2, -0.15) is 0 Å². The smallest absolute Gasteiger partial charge is 0.228 e. The molecule has 0 saturated carbocycles. The number of thiazole rings is 1. The number of aromatic nitrogens is 2. The van der Waals surface area contributed by atoms with Crippen molar-refractivity contribution in [2.24, 2.45) is 0 Å². The Bertz CT molecular complexity index is 565. The van der Waals surface area contributed by atoms with E-state index >= 15 is 0 Å². The second kappa shape index (κ2) is 10.5. The highest BCUT2D eigenvalue weighted by Crippen LogP contribution is 2.21. The maximum absolute atomic E-state index is 12.0. The monoisotopic (exact) mass is 362 g/mol. The molecule has 0 bridgehead atoms. The quantitative estimate of drug-likeness (QED) is 0.856. The average molecular weight is 363 g/mol. The summed E-state index contributed by atoms with van der Waals surface area (Å²) in [6.45, 7) is 1.49. The van der Waals surface area contributed by atoms with Crippen molar-refractivity contribution >= 4 is 42.1 Å². The lowest BCUT2D eigenvalue weighted by Crippen LogP contribution is -2.33. The molecule has 2 heterocycles. The Morgan fingerprint density at radius 1 is 1.36 bits per heavy atom. The van der Waals surface area contributed by atoms with Crippen LogP contribution in [0.5, 0.6) is 0 Å². The first-order valence-electron chi connectivity index (χ1n) is 6.45. The maximum Gasteiger partial charge on any atom is 0.228 e. The molecule has 0 radical (unpaired) electrons. The van der Waals surface area contributed by atoms with E-state index in [1.54, 1.807) is 11.1 Å². The molecule has 0 aliphatic carbocycles. The number of likely N-dealkylation sites (N-methyl/N-ethyl adjacent to an activating group) is 2. The van der Waals surface area contributed by atoms with Gasteiger partial charge in [0.2, 0.25) is 5.91 Å². The Kier molecular flexibility index (Phi) is 9.93. The molecular formula is C14H20Cl2N4OS. The molecule has 0 unspecified atom stereocenters. The SMILES string of the molecule is CNCCN(C)C(=O)Cc1csc(-c2ccccn2)n1.Cl.Cl. The number of rotatable bonds is 6. The van der Waals surface area contributed by atoms with Gasteiger partial charge in [0.15, 0.2) is 0 Å². The van der Waals surface area contributed by atoms with E-state index in [-0.39, 0.29) is 30.7 Å². The van der Waals surface area contributed by atoms with Crippen molar-refractivity contribution in [2.75, 3.05) is 27.2 Å². The first-order chi connectivity index (χ1) is 9.70. The van der Waals surface area contributed by atoms with Crippen LogP contribution < -0.4 is 5.32 Å². The van der Waals surface area contributed by atoms with Crippen LogP contribution in [0.25, 0.3) is 10.7 Å². The van der Waals surface area contributed by atoms with Crippen LogP contribution in [-0.2, 0) is 11.2 Å². The van der Waals surface area contributed by atoms with Gasteiger partial charge in [-0.25, -0.2) is 4.98 Å². The summed E-state index contributed by atoms with van der Waals surface area (Å²) in [6.07, 6.45) is 2.08. The van der Waals surface area contributed by atoms with Crippen LogP contribution in [0.3, 0.4) is 0 Å². The van der Waals surface area contributed by atoms with Crippen LogP contribution in [0.4, 0.5) is 0 Å². The third-order valence-electron chi connectivity index (χ3n) is 2.89. The van der Waals surface area contributed by atoms with Gasteiger partial charge in [0.05, 0.1) is 17.8 Å². The number of nitrogens with one attached hydrogen (secondary N) is 1. The van der Waals surface area contributed by atoms with Crippen molar-refractivity contribution in [1.82, 2.24) is 20.2 Å². The molecule has 0 atom stereocenters. The van der Waals surface area contributed by atoms with E-state index < -0.39 is 0 Å². The fourth-order valence-corrected chi connectivity index (χ4v) is 2.48. The van der Waals surface area contributed by atoms with Crippen molar-refractivity contribution in [3.05, 3.63) is 35.5 Å². The molecule has 0 aliphatic heterocycles. The van der Waals surface area contributed by atoms with E-state index in [4.69, 9.17) is 0 Å². The number of pyridine rings is 1. The Balaban J connectivity index is 0.00000220. The first-order valence-corrected chi connectivity index (χ1v) is 7.33. The molecule has 2 aromatic rings. The lowest BCUT2D eigenvalue weighted by Gasteiger charge is -2.15. The summed E-state index contributed by atoms with van der Waals surface area (Å²) in [5, 5.41) is 5.80. The number of hydrogen-bond acceptors (Lipinski definition) is 5. The lowest BCUT2D eigenvalue weighted by molar-refractivity contribution is -0.129. The molecule has 0 spiro atoms. The fraction of sp³-hybridized carbons (Fsp3) is 0.357. The van der Waals surface area contributed by atoms with E-state index in [1.807, 2.05) is 37.7 Å². The molecular weight excluding hydrogens is 343 g/mol. The van der Waals surface area contributed by atoms with Crippen LogP contribution in [0, 0.1) is 0 Å². The van der Waals surface area contributed by atoms with E-state index in [0.717, 1.165) is 22.9 Å². The lowest BCUT2D eigenvalue weighted by atomic mass is 10.3. The highest BCUT2D eigenvalue weighted by Gasteiger charge is 2.12. The number of halogens is 2. The van der Waals surface area contributed by atoms with Gasteiger partial charge < -0.3 is 10.2 Å². The number of carbonyl (C=O) groups is 1. The van der Waals surface area contributed by atoms with Crippen molar-refractivity contribution in [3.63, 3.8) is 0 Å². The van der Waals surface area contributed by atoms with E-state index in [0.29, 0.717) is 13.0 Å². The summed E-state index contributed by atoms with van der Waals surface area (Å²) in [4.78, 5) is 22.5. The predicted molar refractivity (Wildman–Crippen MR) is 95.1 cm³/mol. The standard InChI is InChI=1S/C14H18N4OS.2ClH/c1-15-7-8-18(2)13(19)9-11-10-20-14(17-11)12-5-3-4-6-16-12;;/h3-6,10,15H,7-9H2,1-2H3;2*1H. The van der Waals surface area contributed by atoms with Crippen LogP contribution in [-0.4, -0.2) is 48.0 Å². The molecule has 1 amide bonds. The third kappa shape index (κ3) is 5.88. The molecule has 1 N–H and O–H groups in total. The van der Waals surface area contributed by atoms with E-state index in [1.165, 1.54) is 11.3 Å². The molecule has 122 valence electrons. The Hall–Kier alpha value is -1.21. The van der Waals surface area contributed by atoms with Gasteiger partial charge in [0, 0.05) is 31.7 Å². The molecule has 8 heteroatoms. The third-order valence-corrected chi connectivity index (χ3v) is 3.80. The fourth-order valence-electron chi connectivity index (χ4n) is 1.69. The predicted octanol–water partition coefficient (Wildman–Crippen LogP) is 2.27. The van der Waals surface area contributed by atoms with Crippen LogP contribution in [0.1, 0.15) is 5.69 Å². The average Bonchev–Trinajstić information content (AvgIpc) is 2.94.